The molecule has 0 spiro atoms. The van der Waals surface area contributed by atoms with E-state index >= 15 is 0 Å². The molecule has 0 N–H and O–H groups in total. The molecule has 0 aromatic heterocycles. The van der Waals surface area contributed by atoms with E-state index in [1.165, 1.54) is 0 Å². The Kier molecular flexibility index (Phi) is 2.45. The highest BCUT2D eigenvalue weighted by Crippen LogP contribution is 2.33. The fraction of sp³-hybridized carbons (Fsp3) is 0.875. The first-order valence-corrected chi connectivity index (χ1v) is 4.15. The Balaban J connectivity index is 2.57. The van der Waals surface area contributed by atoms with E-state index in [0.717, 1.165) is 12.8 Å². The monoisotopic (exact) mass is 171 g/mol. The second-order valence-electron chi connectivity index (χ2n) is 3.87. The molecular formula is C8H13NO3. The molecule has 0 aromatic carbocycles. The zero-order chi connectivity index (χ0) is 9.19. The molecule has 1 fully saturated rings. The molecule has 1 atom stereocenters. The number of nitrogens with zero attached hydrogens (tertiary/aromatic N) is 1. The number of ketones is 1. The Bertz CT molecular complexity index is 210. The molecule has 1 aliphatic rings. The van der Waals surface area contributed by atoms with Crippen LogP contribution in [0.1, 0.15) is 32.6 Å². The first-order valence-electron chi connectivity index (χ1n) is 4.15. The summed E-state index contributed by atoms with van der Waals surface area (Å²) in [5.41, 5.74) is -0.376. The Morgan fingerprint density at radius 3 is 2.83 bits per heavy atom. The van der Waals surface area contributed by atoms with Gasteiger partial charge in [0.15, 0.2) is 0 Å². The van der Waals surface area contributed by atoms with Gasteiger partial charge in [-0.15, -0.1) is 0 Å². The van der Waals surface area contributed by atoms with Gasteiger partial charge in [-0.1, -0.05) is 6.92 Å². The van der Waals surface area contributed by atoms with E-state index in [9.17, 15) is 14.9 Å². The number of nitro groups is 1. The summed E-state index contributed by atoms with van der Waals surface area (Å²) in [7, 11) is 0. The predicted molar refractivity (Wildman–Crippen MR) is 43.4 cm³/mol. The van der Waals surface area contributed by atoms with Crippen LogP contribution in [0.25, 0.3) is 0 Å². The molecular weight excluding hydrogens is 158 g/mol. The third-order valence-corrected chi connectivity index (χ3v) is 2.37. The van der Waals surface area contributed by atoms with E-state index < -0.39 is 0 Å². The van der Waals surface area contributed by atoms with E-state index in [4.69, 9.17) is 0 Å². The lowest BCUT2D eigenvalue weighted by atomic mass is 9.75. The van der Waals surface area contributed by atoms with Crippen molar-refractivity contribution in [3.8, 4) is 0 Å². The summed E-state index contributed by atoms with van der Waals surface area (Å²) in [6, 6.07) is 0. The lowest BCUT2D eigenvalue weighted by molar-refractivity contribution is -0.497. The fourth-order valence-corrected chi connectivity index (χ4v) is 1.81. The van der Waals surface area contributed by atoms with Crippen molar-refractivity contribution < 1.29 is 9.72 Å². The second kappa shape index (κ2) is 3.21. The predicted octanol–water partition coefficient (Wildman–Crippen LogP) is 1.41. The molecule has 12 heavy (non-hydrogen) atoms. The Hall–Kier alpha value is -0.930. The van der Waals surface area contributed by atoms with Crippen LogP contribution in [0, 0.1) is 15.5 Å². The van der Waals surface area contributed by atoms with Gasteiger partial charge in [0, 0.05) is 23.2 Å². The number of rotatable bonds is 2. The average molecular weight is 171 g/mol. The topological polar surface area (TPSA) is 60.2 Å². The van der Waals surface area contributed by atoms with Crippen molar-refractivity contribution in [2.45, 2.75) is 32.6 Å². The lowest BCUT2D eigenvalue weighted by Gasteiger charge is -2.28. The molecule has 1 saturated carbocycles. The minimum atomic E-state index is -0.376. The summed E-state index contributed by atoms with van der Waals surface area (Å²) in [5, 5.41) is 10.3. The zero-order valence-corrected chi connectivity index (χ0v) is 7.21. The number of carbonyl (C=O) groups excluding carboxylic acids is 1. The van der Waals surface area contributed by atoms with Gasteiger partial charge in [-0.25, -0.2) is 0 Å². The van der Waals surface area contributed by atoms with Crippen molar-refractivity contribution in [1.82, 2.24) is 0 Å². The van der Waals surface area contributed by atoms with Gasteiger partial charge in [-0.3, -0.25) is 14.9 Å². The minimum Gasteiger partial charge on any atom is -0.300 e. The van der Waals surface area contributed by atoms with Crippen LogP contribution in [-0.2, 0) is 4.79 Å². The third kappa shape index (κ3) is 2.29. The number of carbonyl (C=O) groups is 1. The van der Waals surface area contributed by atoms with Gasteiger partial charge in [-0.05, 0) is 12.8 Å². The molecule has 1 rings (SSSR count). The SMILES string of the molecule is CC1(C[N+](=O)[O-])CCCC(=O)C1. The van der Waals surface area contributed by atoms with E-state index in [2.05, 4.69) is 0 Å². The molecule has 68 valence electrons. The summed E-state index contributed by atoms with van der Waals surface area (Å²) in [6.07, 6.45) is 2.60. The van der Waals surface area contributed by atoms with Crippen LogP contribution in [0.4, 0.5) is 0 Å². The van der Waals surface area contributed by atoms with E-state index in [0.29, 0.717) is 12.8 Å². The Morgan fingerprint density at radius 2 is 2.33 bits per heavy atom. The number of Topliss-reactive ketones (excluding diaryl/α,β-unsaturated/α-hetero) is 1. The van der Waals surface area contributed by atoms with Crippen molar-refractivity contribution >= 4 is 5.78 Å². The Labute approximate surface area is 71.1 Å². The van der Waals surface area contributed by atoms with Crippen molar-refractivity contribution in [2.75, 3.05) is 6.54 Å². The first kappa shape index (κ1) is 9.16. The van der Waals surface area contributed by atoms with Crippen LogP contribution in [0.15, 0.2) is 0 Å². The lowest BCUT2D eigenvalue weighted by Crippen LogP contribution is -2.32. The maximum atomic E-state index is 11.0. The van der Waals surface area contributed by atoms with Crippen LogP contribution < -0.4 is 0 Å². The van der Waals surface area contributed by atoms with Crippen molar-refractivity contribution in [3.05, 3.63) is 10.1 Å². The van der Waals surface area contributed by atoms with Crippen molar-refractivity contribution in [3.63, 3.8) is 0 Å². The molecule has 0 radical (unpaired) electrons. The highest BCUT2D eigenvalue weighted by Gasteiger charge is 2.35. The summed E-state index contributed by atoms with van der Waals surface area (Å²) >= 11 is 0. The third-order valence-electron chi connectivity index (χ3n) is 2.37. The van der Waals surface area contributed by atoms with Gasteiger partial charge < -0.3 is 0 Å². The molecule has 0 bridgehead atoms. The van der Waals surface area contributed by atoms with Gasteiger partial charge in [0.25, 0.3) is 0 Å². The molecule has 0 amide bonds. The molecule has 1 aliphatic carbocycles. The molecule has 0 aliphatic heterocycles. The van der Waals surface area contributed by atoms with Crippen LogP contribution in [-0.4, -0.2) is 17.3 Å². The highest BCUT2D eigenvalue weighted by atomic mass is 16.6. The number of hydrogen-bond donors (Lipinski definition) is 0. The van der Waals surface area contributed by atoms with Crippen molar-refractivity contribution in [1.29, 1.82) is 0 Å². The quantitative estimate of drug-likeness (QED) is 0.466. The minimum absolute atomic E-state index is 0.0707. The average Bonchev–Trinajstić information content (AvgIpc) is 1.82. The smallest absolute Gasteiger partial charge is 0.209 e. The van der Waals surface area contributed by atoms with Crippen LogP contribution in [0.5, 0.6) is 0 Å². The molecule has 0 aromatic rings. The Morgan fingerprint density at radius 1 is 1.67 bits per heavy atom. The van der Waals surface area contributed by atoms with E-state index in [1.54, 1.807) is 0 Å². The maximum Gasteiger partial charge on any atom is 0.209 e. The summed E-state index contributed by atoms with van der Waals surface area (Å²) in [4.78, 5) is 21.0. The largest absolute Gasteiger partial charge is 0.300 e. The summed E-state index contributed by atoms with van der Waals surface area (Å²) in [5.74, 6) is 0.172. The van der Waals surface area contributed by atoms with Crippen LogP contribution in [0.3, 0.4) is 0 Å². The van der Waals surface area contributed by atoms with E-state index in [-0.39, 0.29) is 22.7 Å². The molecule has 4 nitrogen and oxygen atoms in total. The summed E-state index contributed by atoms with van der Waals surface area (Å²) < 4.78 is 0. The maximum absolute atomic E-state index is 11.0. The fourth-order valence-electron chi connectivity index (χ4n) is 1.81. The summed E-state index contributed by atoms with van der Waals surface area (Å²) in [6.45, 7) is 1.76. The van der Waals surface area contributed by atoms with Gasteiger partial charge in [0.1, 0.15) is 5.78 Å². The molecule has 4 heteroatoms. The van der Waals surface area contributed by atoms with Crippen LogP contribution in [0.2, 0.25) is 0 Å². The normalized spacial score (nSPS) is 30.2. The van der Waals surface area contributed by atoms with Gasteiger partial charge in [0.2, 0.25) is 6.54 Å². The van der Waals surface area contributed by atoms with Gasteiger partial charge in [-0.2, -0.15) is 0 Å². The molecule has 0 heterocycles. The molecule has 0 saturated heterocycles. The van der Waals surface area contributed by atoms with Gasteiger partial charge >= 0.3 is 0 Å². The van der Waals surface area contributed by atoms with Gasteiger partial charge in [0.05, 0.1) is 0 Å². The highest BCUT2D eigenvalue weighted by molar-refractivity contribution is 5.79. The number of hydrogen-bond acceptors (Lipinski definition) is 3. The standard InChI is InChI=1S/C8H13NO3/c1-8(6-9(11)12)4-2-3-7(10)5-8/h2-6H2,1H3. The van der Waals surface area contributed by atoms with Crippen molar-refractivity contribution in [2.24, 2.45) is 5.41 Å². The first-order chi connectivity index (χ1) is 5.52. The zero-order valence-electron chi connectivity index (χ0n) is 7.21. The van der Waals surface area contributed by atoms with E-state index in [1.807, 2.05) is 6.92 Å². The second-order valence-corrected chi connectivity index (χ2v) is 3.87. The van der Waals surface area contributed by atoms with Crippen LogP contribution >= 0.6 is 0 Å². The molecule has 1 unspecified atom stereocenters.